The number of esters is 1. The Morgan fingerprint density at radius 1 is 1.20 bits per heavy atom. The molecule has 0 saturated carbocycles. The monoisotopic (exact) mass is 422 g/mol. The van der Waals surface area contributed by atoms with Gasteiger partial charge in [-0.25, -0.2) is 9.80 Å². The first-order valence-electron chi connectivity index (χ1n) is 9.80. The first kappa shape index (κ1) is 20.2. The zero-order valence-corrected chi connectivity index (χ0v) is 17.6. The average Bonchev–Trinajstić information content (AvgIpc) is 2.78. The van der Waals surface area contributed by atoms with Gasteiger partial charge in [-0.3, -0.25) is 15.1 Å². The van der Waals surface area contributed by atoms with Gasteiger partial charge in [-0.1, -0.05) is 55.4 Å². The Balaban J connectivity index is 1.78. The highest BCUT2D eigenvalue weighted by Crippen LogP contribution is 2.31. The van der Waals surface area contributed by atoms with Gasteiger partial charge in [0.25, 0.3) is 5.91 Å². The van der Waals surface area contributed by atoms with Gasteiger partial charge in [0.05, 0.1) is 18.0 Å². The van der Waals surface area contributed by atoms with Gasteiger partial charge >= 0.3 is 5.97 Å². The van der Waals surface area contributed by atoms with Crippen LogP contribution < -0.4 is 15.9 Å². The van der Waals surface area contributed by atoms with Crippen LogP contribution >= 0.6 is 11.8 Å². The number of nitrogens with one attached hydrogen (secondary N) is 1. The van der Waals surface area contributed by atoms with Crippen LogP contribution in [0.25, 0.3) is 5.70 Å². The highest BCUT2D eigenvalue weighted by atomic mass is 32.2. The van der Waals surface area contributed by atoms with Gasteiger partial charge in [0.2, 0.25) is 0 Å². The first-order valence-corrected chi connectivity index (χ1v) is 10.8. The SMILES string of the molecule is CCCCSC1=NN2C(=c3ccccc3=N[C@H]2c2ccc(C(=O)OC)cc2)C(=O)N1. The molecule has 0 fully saturated rings. The van der Waals surface area contributed by atoms with Gasteiger partial charge in [-0.2, -0.15) is 0 Å². The normalized spacial score (nSPS) is 17.3. The van der Waals surface area contributed by atoms with Crippen LogP contribution in [0.3, 0.4) is 0 Å². The number of amidine groups is 1. The number of carbonyl (C=O) groups is 2. The van der Waals surface area contributed by atoms with Crippen LogP contribution in [0.15, 0.2) is 58.6 Å². The Morgan fingerprint density at radius 2 is 1.97 bits per heavy atom. The minimum Gasteiger partial charge on any atom is -0.465 e. The fraction of sp³-hybridized carbons (Fsp3) is 0.273. The standard InChI is InChI=1S/C22H22N4O3S/c1-3-4-13-30-22-24-20(27)18-16-7-5-6-8-17(16)23-19(26(18)25-22)14-9-11-15(12-10-14)21(28)29-2/h5-12,19H,3-4,13H2,1-2H3,(H,24,25,27)/t19-/m1/s1. The molecule has 0 radical (unpaired) electrons. The number of thioether (sulfide) groups is 1. The number of nitrogens with zero attached hydrogens (tertiary/aromatic N) is 3. The van der Waals surface area contributed by atoms with Crippen molar-refractivity contribution in [2.24, 2.45) is 10.1 Å². The summed E-state index contributed by atoms with van der Waals surface area (Å²) in [6, 6.07) is 14.6. The van der Waals surface area contributed by atoms with E-state index in [9.17, 15) is 9.59 Å². The maximum Gasteiger partial charge on any atom is 0.337 e. The molecule has 1 amide bonds. The smallest absolute Gasteiger partial charge is 0.337 e. The van der Waals surface area contributed by atoms with E-state index in [2.05, 4.69) is 12.2 Å². The van der Waals surface area contributed by atoms with E-state index >= 15 is 0 Å². The predicted octanol–water partition coefficient (Wildman–Crippen LogP) is 2.15. The number of hydrogen-bond donors (Lipinski definition) is 1. The maximum absolute atomic E-state index is 13.0. The molecule has 2 aromatic rings. The third-order valence-electron chi connectivity index (χ3n) is 4.88. The summed E-state index contributed by atoms with van der Waals surface area (Å²) in [5, 5.41) is 11.4. The summed E-state index contributed by atoms with van der Waals surface area (Å²) < 4.78 is 4.77. The molecule has 1 N–H and O–H groups in total. The highest BCUT2D eigenvalue weighted by Gasteiger charge is 2.34. The fourth-order valence-electron chi connectivity index (χ4n) is 3.33. The lowest BCUT2D eigenvalue weighted by Crippen LogP contribution is -2.50. The zero-order valence-electron chi connectivity index (χ0n) is 16.8. The molecule has 0 spiro atoms. The van der Waals surface area contributed by atoms with Crippen molar-refractivity contribution in [1.82, 2.24) is 10.3 Å². The van der Waals surface area contributed by atoms with Crippen LogP contribution in [0.5, 0.6) is 0 Å². The minimum atomic E-state index is -0.505. The van der Waals surface area contributed by atoms with Crippen molar-refractivity contribution < 1.29 is 14.3 Å². The van der Waals surface area contributed by atoms with Crippen molar-refractivity contribution in [2.75, 3.05) is 12.9 Å². The van der Waals surface area contributed by atoms with E-state index in [0.29, 0.717) is 16.4 Å². The topological polar surface area (TPSA) is 83.4 Å². The molecule has 1 atom stereocenters. The zero-order chi connectivity index (χ0) is 21.1. The average molecular weight is 423 g/mol. The number of carbonyl (C=O) groups excluding carboxylic acids is 2. The third-order valence-corrected chi connectivity index (χ3v) is 5.83. The summed E-state index contributed by atoms with van der Waals surface area (Å²) in [6.07, 6.45) is 1.61. The van der Waals surface area contributed by atoms with Gasteiger partial charge in [-0.15, -0.1) is 5.10 Å². The molecule has 154 valence electrons. The van der Waals surface area contributed by atoms with Crippen LogP contribution in [0.1, 0.15) is 41.9 Å². The highest BCUT2D eigenvalue weighted by molar-refractivity contribution is 8.13. The molecule has 2 aliphatic rings. The number of para-hydroxylation sites is 1. The van der Waals surface area contributed by atoms with Crippen LogP contribution in [0.2, 0.25) is 0 Å². The largest absolute Gasteiger partial charge is 0.465 e. The Bertz CT molecular complexity index is 1130. The number of fused-ring (bicyclic) bond motifs is 2. The van der Waals surface area contributed by atoms with E-state index in [0.717, 1.165) is 34.7 Å². The van der Waals surface area contributed by atoms with E-state index < -0.39 is 12.1 Å². The molecule has 2 heterocycles. The number of rotatable bonds is 5. The number of methoxy groups -OCH3 is 1. The van der Waals surface area contributed by atoms with Gasteiger partial charge in [0, 0.05) is 11.0 Å². The Kier molecular flexibility index (Phi) is 5.85. The number of benzene rings is 2. The lowest BCUT2D eigenvalue weighted by molar-refractivity contribution is -0.116. The molecule has 2 aromatic carbocycles. The molecular weight excluding hydrogens is 400 g/mol. The van der Waals surface area contributed by atoms with Crippen molar-refractivity contribution in [2.45, 2.75) is 25.9 Å². The van der Waals surface area contributed by atoms with Crippen molar-refractivity contribution in [3.05, 3.63) is 70.2 Å². The number of hydrogen-bond acceptors (Lipinski definition) is 7. The second-order valence-electron chi connectivity index (χ2n) is 6.89. The fourth-order valence-corrected chi connectivity index (χ4v) is 4.27. The summed E-state index contributed by atoms with van der Waals surface area (Å²) in [7, 11) is 1.35. The lowest BCUT2D eigenvalue weighted by atomic mass is 10.1. The summed E-state index contributed by atoms with van der Waals surface area (Å²) in [5.41, 5.74) is 1.76. The quantitative estimate of drug-likeness (QED) is 0.590. The second kappa shape index (κ2) is 8.71. The van der Waals surface area contributed by atoms with Gasteiger partial charge in [-0.05, 0) is 30.2 Å². The van der Waals surface area contributed by atoms with Crippen molar-refractivity contribution in [1.29, 1.82) is 0 Å². The van der Waals surface area contributed by atoms with E-state index in [1.807, 2.05) is 36.4 Å². The van der Waals surface area contributed by atoms with Gasteiger partial charge in [0.1, 0.15) is 5.70 Å². The number of amides is 1. The summed E-state index contributed by atoms with van der Waals surface area (Å²) in [6.45, 7) is 2.13. The van der Waals surface area contributed by atoms with E-state index in [4.69, 9.17) is 14.8 Å². The maximum atomic E-state index is 13.0. The Morgan fingerprint density at radius 3 is 2.70 bits per heavy atom. The molecule has 30 heavy (non-hydrogen) atoms. The number of unbranched alkanes of at least 4 members (excludes halogenated alkanes) is 1. The molecule has 0 aliphatic carbocycles. The number of ether oxygens (including phenoxy) is 1. The van der Waals surface area contributed by atoms with Crippen molar-refractivity contribution >= 4 is 34.5 Å². The molecule has 4 rings (SSSR count). The van der Waals surface area contributed by atoms with Crippen LogP contribution in [0.4, 0.5) is 0 Å². The van der Waals surface area contributed by atoms with Crippen LogP contribution in [0, 0.1) is 0 Å². The van der Waals surface area contributed by atoms with E-state index in [1.165, 1.54) is 18.9 Å². The van der Waals surface area contributed by atoms with Gasteiger partial charge in [0.15, 0.2) is 11.3 Å². The number of hydrazone groups is 1. The molecular formula is C22H22N4O3S. The molecule has 0 unspecified atom stereocenters. The second-order valence-corrected chi connectivity index (χ2v) is 7.97. The lowest BCUT2D eigenvalue weighted by Gasteiger charge is -2.34. The van der Waals surface area contributed by atoms with Gasteiger partial charge < -0.3 is 4.74 Å². The summed E-state index contributed by atoms with van der Waals surface area (Å²) in [4.78, 5) is 29.6. The van der Waals surface area contributed by atoms with Crippen molar-refractivity contribution in [3.8, 4) is 0 Å². The summed E-state index contributed by atoms with van der Waals surface area (Å²) >= 11 is 1.53. The van der Waals surface area contributed by atoms with Crippen molar-refractivity contribution in [3.63, 3.8) is 0 Å². The van der Waals surface area contributed by atoms with E-state index in [1.54, 1.807) is 17.1 Å². The molecule has 0 saturated heterocycles. The molecule has 0 aromatic heterocycles. The first-order chi connectivity index (χ1) is 14.6. The minimum absolute atomic E-state index is 0.192. The summed E-state index contributed by atoms with van der Waals surface area (Å²) in [5.74, 6) is 0.289. The molecule has 0 bridgehead atoms. The molecule has 2 aliphatic heterocycles. The predicted molar refractivity (Wildman–Crippen MR) is 116 cm³/mol. The molecule has 8 heteroatoms. The third kappa shape index (κ3) is 3.82. The molecule has 7 nitrogen and oxygen atoms in total. The van der Waals surface area contributed by atoms with Crippen LogP contribution in [-0.4, -0.2) is 34.9 Å². The Hall–Kier alpha value is -3.13. The van der Waals surface area contributed by atoms with E-state index in [-0.39, 0.29) is 5.91 Å². The van der Waals surface area contributed by atoms with Crippen LogP contribution in [-0.2, 0) is 9.53 Å². The Labute approximate surface area is 178 Å².